The Morgan fingerprint density at radius 2 is 1.58 bits per heavy atom. The van der Waals surface area contributed by atoms with E-state index in [9.17, 15) is 14.7 Å². The van der Waals surface area contributed by atoms with Gasteiger partial charge in [0.2, 0.25) is 11.8 Å². The van der Waals surface area contributed by atoms with Gasteiger partial charge in [0.15, 0.2) is 0 Å². The van der Waals surface area contributed by atoms with Crippen LogP contribution in [0.5, 0.6) is 0 Å². The summed E-state index contributed by atoms with van der Waals surface area (Å²) in [4.78, 5) is 30.4. The second kappa shape index (κ2) is 8.12. The highest BCUT2D eigenvalue weighted by Crippen LogP contribution is 2.47. The van der Waals surface area contributed by atoms with Gasteiger partial charge in [-0.1, -0.05) is 61.4 Å². The van der Waals surface area contributed by atoms with E-state index >= 15 is 0 Å². The van der Waals surface area contributed by atoms with Crippen LogP contribution >= 0.6 is 0 Å². The number of aliphatic hydroxyl groups is 1. The maximum absolute atomic E-state index is 13.6. The molecule has 5 nitrogen and oxygen atoms in total. The lowest BCUT2D eigenvalue weighted by molar-refractivity contribution is -0.159. The quantitative estimate of drug-likeness (QED) is 0.773. The minimum Gasteiger partial charge on any atom is -0.385 e. The third-order valence-electron chi connectivity index (χ3n) is 7.61. The minimum absolute atomic E-state index is 0.00113. The Morgan fingerprint density at radius 3 is 2.32 bits per heavy atom. The van der Waals surface area contributed by atoms with Crippen molar-refractivity contribution >= 4 is 17.5 Å². The van der Waals surface area contributed by atoms with Crippen LogP contribution in [0.25, 0.3) is 0 Å². The smallest absolute Gasteiger partial charge is 0.239 e. The SMILES string of the molecule is O=C1C(C(=O)N2CCC(O)(c3ccccc3)C3CCCCC32)CCN1c1ccccc1. The van der Waals surface area contributed by atoms with Crippen LogP contribution < -0.4 is 4.90 Å². The second-order valence-electron chi connectivity index (χ2n) is 9.20. The summed E-state index contributed by atoms with van der Waals surface area (Å²) >= 11 is 0. The Bertz CT molecular complexity index is 948. The van der Waals surface area contributed by atoms with Gasteiger partial charge in [-0.15, -0.1) is 0 Å². The van der Waals surface area contributed by atoms with Gasteiger partial charge >= 0.3 is 0 Å². The number of hydrogen-bond donors (Lipinski definition) is 1. The van der Waals surface area contributed by atoms with Gasteiger partial charge in [-0.25, -0.2) is 0 Å². The molecule has 2 amide bonds. The second-order valence-corrected chi connectivity index (χ2v) is 9.20. The average molecular weight is 419 g/mol. The summed E-state index contributed by atoms with van der Waals surface area (Å²) in [6, 6.07) is 19.5. The summed E-state index contributed by atoms with van der Waals surface area (Å²) in [6.07, 6.45) is 5.02. The van der Waals surface area contributed by atoms with E-state index in [4.69, 9.17) is 0 Å². The number of para-hydroxylation sites is 1. The number of likely N-dealkylation sites (tertiary alicyclic amines) is 1. The van der Waals surface area contributed by atoms with Crippen LogP contribution in [-0.2, 0) is 15.2 Å². The first kappa shape index (κ1) is 20.3. The number of nitrogens with zero attached hydrogens (tertiary/aromatic N) is 2. The summed E-state index contributed by atoms with van der Waals surface area (Å²) in [7, 11) is 0. The molecule has 0 radical (unpaired) electrons. The molecule has 0 aromatic heterocycles. The van der Waals surface area contributed by atoms with Crippen molar-refractivity contribution in [2.24, 2.45) is 11.8 Å². The Hall–Kier alpha value is -2.66. The van der Waals surface area contributed by atoms with Crippen molar-refractivity contribution in [2.75, 3.05) is 18.0 Å². The van der Waals surface area contributed by atoms with Crippen molar-refractivity contribution in [2.45, 2.75) is 50.2 Å². The molecule has 1 saturated carbocycles. The molecule has 2 aromatic carbocycles. The summed E-state index contributed by atoms with van der Waals surface area (Å²) in [5.41, 5.74) is 0.903. The van der Waals surface area contributed by atoms with Gasteiger partial charge in [0.25, 0.3) is 0 Å². The standard InChI is InChI=1S/C26H30N2O3/c29-24-21(15-17-27(24)20-11-5-2-6-12-20)25(30)28-18-16-26(31,19-9-3-1-4-10-19)22-13-7-8-14-23(22)28/h1-6,9-12,21-23,31H,7-8,13-18H2. The highest BCUT2D eigenvalue weighted by atomic mass is 16.3. The molecule has 2 saturated heterocycles. The molecule has 4 unspecified atom stereocenters. The van der Waals surface area contributed by atoms with Crippen LogP contribution in [0.4, 0.5) is 5.69 Å². The topological polar surface area (TPSA) is 60.9 Å². The van der Waals surface area contributed by atoms with E-state index in [-0.39, 0.29) is 23.8 Å². The maximum atomic E-state index is 13.6. The Labute approximate surface area is 183 Å². The fourth-order valence-corrected chi connectivity index (χ4v) is 6.02. The number of carbonyl (C=O) groups is 2. The van der Waals surface area contributed by atoms with E-state index in [1.165, 1.54) is 0 Å². The monoisotopic (exact) mass is 418 g/mol. The highest BCUT2D eigenvalue weighted by Gasteiger charge is 2.52. The van der Waals surface area contributed by atoms with E-state index in [0.29, 0.717) is 25.9 Å². The molecule has 3 fully saturated rings. The lowest BCUT2D eigenvalue weighted by Crippen LogP contribution is -2.60. The number of anilines is 1. The molecular formula is C26H30N2O3. The molecule has 4 atom stereocenters. The first-order valence-electron chi connectivity index (χ1n) is 11.5. The molecule has 2 aromatic rings. The van der Waals surface area contributed by atoms with Gasteiger partial charge < -0.3 is 14.9 Å². The number of fused-ring (bicyclic) bond motifs is 1. The summed E-state index contributed by atoms with van der Waals surface area (Å²) in [6.45, 7) is 1.08. The zero-order chi connectivity index (χ0) is 21.4. The molecule has 5 heteroatoms. The number of carbonyl (C=O) groups excluding carboxylic acids is 2. The summed E-state index contributed by atoms with van der Waals surface area (Å²) < 4.78 is 0. The molecular weight excluding hydrogens is 388 g/mol. The van der Waals surface area contributed by atoms with Crippen LogP contribution in [0.2, 0.25) is 0 Å². The zero-order valence-corrected chi connectivity index (χ0v) is 17.8. The van der Waals surface area contributed by atoms with Crippen molar-refractivity contribution in [1.82, 2.24) is 4.90 Å². The number of amides is 2. The third kappa shape index (κ3) is 3.45. The summed E-state index contributed by atoms with van der Waals surface area (Å²) in [5.74, 6) is -0.725. The summed E-state index contributed by atoms with van der Waals surface area (Å²) in [5, 5.41) is 11.7. The fraction of sp³-hybridized carbons (Fsp3) is 0.462. The normalized spacial score (nSPS) is 30.9. The van der Waals surface area contributed by atoms with Crippen LogP contribution in [-0.4, -0.2) is 41.0 Å². The third-order valence-corrected chi connectivity index (χ3v) is 7.61. The number of rotatable bonds is 3. The van der Waals surface area contributed by atoms with Crippen LogP contribution in [0.3, 0.4) is 0 Å². The van der Waals surface area contributed by atoms with E-state index in [2.05, 4.69) is 0 Å². The average Bonchev–Trinajstić information content (AvgIpc) is 3.21. The van der Waals surface area contributed by atoms with Gasteiger partial charge in [-0.2, -0.15) is 0 Å². The minimum atomic E-state index is -0.904. The molecule has 5 rings (SSSR count). The molecule has 162 valence electrons. The van der Waals surface area contributed by atoms with Gasteiger partial charge in [-0.3, -0.25) is 9.59 Å². The van der Waals surface area contributed by atoms with E-state index in [1.54, 1.807) is 4.90 Å². The first-order valence-corrected chi connectivity index (χ1v) is 11.5. The molecule has 0 bridgehead atoms. The lowest BCUT2D eigenvalue weighted by atomic mass is 9.66. The highest BCUT2D eigenvalue weighted by molar-refractivity contribution is 6.09. The number of piperidine rings is 1. The largest absolute Gasteiger partial charge is 0.385 e. The molecule has 3 aliphatic rings. The van der Waals surface area contributed by atoms with Crippen molar-refractivity contribution in [1.29, 1.82) is 0 Å². The van der Waals surface area contributed by atoms with Gasteiger partial charge in [0.05, 0.1) is 5.60 Å². The Kier molecular flexibility index (Phi) is 5.30. The molecule has 2 heterocycles. The predicted molar refractivity (Wildman–Crippen MR) is 119 cm³/mol. The Balaban J connectivity index is 1.38. The van der Waals surface area contributed by atoms with Gasteiger partial charge in [0.1, 0.15) is 5.92 Å². The van der Waals surface area contributed by atoms with Crippen molar-refractivity contribution in [3.05, 3.63) is 66.2 Å². The van der Waals surface area contributed by atoms with E-state index in [1.807, 2.05) is 65.6 Å². The zero-order valence-electron chi connectivity index (χ0n) is 17.8. The maximum Gasteiger partial charge on any atom is 0.239 e. The molecule has 2 aliphatic heterocycles. The molecule has 31 heavy (non-hydrogen) atoms. The Morgan fingerprint density at radius 1 is 0.903 bits per heavy atom. The first-order chi connectivity index (χ1) is 15.1. The molecule has 1 aliphatic carbocycles. The van der Waals surface area contributed by atoms with Gasteiger partial charge in [-0.05, 0) is 43.4 Å². The van der Waals surface area contributed by atoms with Crippen LogP contribution in [0.1, 0.15) is 44.1 Å². The van der Waals surface area contributed by atoms with Crippen LogP contribution in [0.15, 0.2) is 60.7 Å². The van der Waals surface area contributed by atoms with E-state index < -0.39 is 11.5 Å². The molecule has 1 N–H and O–H groups in total. The van der Waals surface area contributed by atoms with Crippen LogP contribution in [0, 0.1) is 11.8 Å². The lowest BCUT2D eigenvalue weighted by Gasteiger charge is -2.53. The predicted octanol–water partition coefficient (Wildman–Crippen LogP) is 3.72. The van der Waals surface area contributed by atoms with Crippen molar-refractivity contribution in [3.63, 3.8) is 0 Å². The fourth-order valence-electron chi connectivity index (χ4n) is 6.02. The van der Waals surface area contributed by atoms with Crippen molar-refractivity contribution in [3.8, 4) is 0 Å². The number of hydrogen-bond acceptors (Lipinski definition) is 3. The van der Waals surface area contributed by atoms with Gasteiger partial charge in [0, 0.05) is 30.7 Å². The van der Waals surface area contributed by atoms with E-state index in [0.717, 1.165) is 36.9 Å². The number of benzene rings is 2. The van der Waals surface area contributed by atoms with Crippen molar-refractivity contribution < 1.29 is 14.7 Å². The molecule has 0 spiro atoms.